The normalized spacial score (nSPS) is 16.2. The summed E-state index contributed by atoms with van der Waals surface area (Å²) in [6.07, 6.45) is 15.5. The summed E-state index contributed by atoms with van der Waals surface area (Å²) in [5, 5.41) is 2.98. The van der Waals surface area contributed by atoms with Gasteiger partial charge >= 0.3 is 0 Å². The molecule has 1 amide bonds. The number of nitrogens with two attached hydrogens (primary N) is 1. The molecular formula is C56H55Br2F3N8O5. The Bertz CT molecular complexity index is 3340. The van der Waals surface area contributed by atoms with Gasteiger partial charge in [0.2, 0.25) is 5.91 Å². The first kappa shape index (κ1) is 56.2. The van der Waals surface area contributed by atoms with Crippen LogP contribution in [0.4, 0.5) is 18.9 Å². The molecule has 0 bridgehead atoms. The zero-order valence-electron chi connectivity index (χ0n) is 41.4. The van der Waals surface area contributed by atoms with Gasteiger partial charge in [-0.3, -0.25) is 28.3 Å². The van der Waals surface area contributed by atoms with Gasteiger partial charge in [0.05, 0.1) is 16.7 Å². The van der Waals surface area contributed by atoms with Crippen molar-refractivity contribution < 1.29 is 27.5 Å². The van der Waals surface area contributed by atoms with Crippen LogP contribution < -0.4 is 26.9 Å². The predicted molar refractivity (Wildman–Crippen MR) is 287 cm³/mol. The van der Waals surface area contributed by atoms with E-state index in [1.165, 1.54) is 18.2 Å². The molecule has 13 nitrogen and oxygen atoms in total. The lowest BCUT2D eigenvalue weighted by molar-refractivity contribution is -0.124. The Labute approximate surface area is 443 Å². The number of carbonyl (C=O) groups excluding carboxylic acids is 2. The molecule has 0 radical (unpaired) electrons. The molecule has 7 heterocycles. The van der Waals surface area contributed by atoms with Gasteiger partial charge in [-0.25, -0.2) is 33.1 Å². The van der Waals surface area contributed by atoms with Gasteiger partial charge in [-0.1, -0.05) is 83.5 Å². The summed E-state index contributed by atoms with van der Waals surface area (Å²) in [4.78, 5) is 62.8. The van der Waals surface area contributed by atoms with Crippen LogP contribution in [0.15, 0.2) is 104 Å². The Balaban J connectivity index is 0.000000162. The fraction of sp³-hybridized carbons (Fsp3) is 0.321. The molecule has 74 heavy (non-hydrogen) atoms. The highest BCUT2D eigenvalue weighted by atomic mass is 79.9. The van der Waals surface area contributed by atoms with E-state index in [-0.39, 0.29) is 45.7 Å². The molecule has 0 spiro atoms. The maximum atomic E-state index is 14.6. The molecule has 1 fully saturated rings. The van der Waals surface area contributed by atoms with E-state index in [0.717, 1.165) is 69.2 Å². The Morgan fingerprint density at radius 1 is 0.743 bits per heavy atom. The fourth-order valence-electron chi connectivity index (χ4n) is 8.05. The van der Waals surface area contributed by atoms with Crippen LogP contribution in [0.3, 0.4) is 0 Å². The summed E-state index contributed by atoms with van der Waals surface area (Å²) in [5.41, 5.74) is 7.82. The van der Waals surface area contributed by atoms with Crippen molar-refractivity contribution in [1.29, 1.82) is 0 Å². The van der Waals surface area contributed by atoms with Gasteiger partial charge in [0.15, 0.2) is 11.6 Å². The summed E-state index contributed by atoms with van der Waals surface area (Å²) in [7, 11) is 0. The van der Waals surface area contributed by atoms with Gasteiger partial charge in [-0.15, -0.1) is 6.42 Å². The number of anilines is 1. The first-order valence-electron chi connectivity index (χ1n) is 23.9. The van der Waals surface area contributed by atoms with Crippen molar-refractivity contribution in [3.05, 3.63) is 161 Å². The lowest BCUT2D eigenvalue weighted by atomic mass is 9.85. The van der Waals surface area contributed by atoms with Crippen molar-refractivity contribution >= 4 is 71.7 Å². The number of benzene rings is 3. The highest BCUT2D eigenvalue weighted by molar-refractivity contribution is 9.10. The summed E-state index contributed by atoms with van der Waals surface area (Å²) in [6.45, 7) is 10.9. The number of aryl methyl sites for hydroxylation is 2. The Morgan fingerprint density at radius 2 is 1.28 bits per heavy atom. The third-order valence-corrected chi connectivity index (χ3v) is 13.3. The number of nitrogens with one attached hydrogen (secondary N) is 1. The standard InChI is InChI=1S/C21H18FN3O.C14H14BrFN2O.C7H5BrFNO2.C7H13NO.C7H5N/c1-14-5-8-19-24-18-13-15(6-7-16-4-2-3-10-23-16)12-17(22)20(18)21(26)25(19)11-9-14;1-8-2-3-12-17-11-7-9(15)6-10(16)13(11)14(19)18(12)5-4-8;8-4-1-5(9)7(12-3-11)6(10)2-4;1-7(2)4-3-6(9)8-5-7;1-2-7-5-3-4-6-8-7/h2-4,10,12-14H,5,8-9,11H2,1H3;6-8H,2-5H2,1H3;1-3H,10H2;3-5H2,1-2H3,(H,8,9);1,3-6H. The first-order valence-corrected chi connectivity index (χ1v) is 25.5. The maximum Gasteiger partial charge on any atom is 0.298 e. The van der Waals surface area contributed by atoms with E-state index in [1.807, 2.05) is 24.3 Å². The zero-order chi connectivity index (χ0) is 53.5. The lowest BCUT2D eigenvalue weighted by Crippen LogP contribution is -2.39. The van der Waals surface area contributed by atoms with Crippen molar-refractivity contribution in [2.75, 3.05) is 12.3 Å². The van der Waals surface area contributed by atoms with Crippen molar-refractivity contribution in [3.63, 3.8) is 0 Å². The minimum absolute atomic E-state index is 0.0479. The predicted octanol–water partition coefficient (Wildman–Crippen LogP) is 10.3. The van der Waals surface area contributed by atoms with Crippen LogP contribution in [0, 0.1) is 58.9 Å². The van der Waals surface area contributed by atoms with E-state index < -0.39 is 17.5 Å². The number of halogens is 5. The van der Waals surface area contributed by atoms with Crippen LogP contribution in [-0.2, 0) is 35.5 Å². The number of terminal acetylenes is 1. The molecule has 0 saturated carbocycles. The van der Waals surface area contributed by atoms with Crippen molar-refractivity contribution in [2.45, 2.75) is 92.2 Å². The number of carbonyl (C=O) groups is 2. The van der Waals surface area contributed by atoms with Crippen LogP contribution in [0.1, 0.15) is 94.8 Å². The van der Waals surface area contributed by atoms with Gasteiger partial charge in [0, 0.05) is 65.8 Å². The van der Waals surface area contributed by atoms with Crippen molar-refractivity contribution in [2.24, 2.45) is 17.3 Å². The number of hydrogen-bond donors (Lipinski definition) is 2. The Hall–Kier alpha value is -7.15. The zero-order valence-corrected chi connectivity index (χ0v) is 44.5. The van der Waals surface area contributed by atoms with Crippen LogP contribution in [0.5, 0.6) is 5.75 Å². The molecule has 3 N–H and O–H groups in total. The highest BCUT2D eigenvalue weighted by Crippen LogP contribution is 2.29. The van der Waals surface area contributed by atoms with Crippen LogP contribution in [0.25, 0.3) is 21.8 Å². The number of aromatic nitrogens is 6. The molecule has 18 heteroatoms. The number of rotatable bonds is 2. The highest BCUT2D eigenvalue weighted by Gasteiger charge is 2.24. The molecule has 10 rings (SSSR count). The number of pyridine rings is 2. The van der Waals surface area contributed by atoms with E-state index in [0.29, 0.717) is 73.7 Å². The largest absolute Gasteiger partial charge is 0.423 e. The smallest absolute Gasteiger partial charge is 0.298 e. The molecule has 384 valence electrons. The summed E-state index contributed by atoms with van der Waals surface area (Å²) in [6, 6.07) is 19.5. The average molecular weight is 1140 g/mol. The molecule has 3 aliphatic heterocycles. The van der Waals surface area contributed by atoms with Crippen molar-refractivity contribution in [1.82, 2.24) is 34.4 Å². The van der Waals surface area contributed by atoms with Crippen LogP contribution in [0.2, 0.25) is 0 Å². The second kappa shape index (κ2) is 26.2. The number of ether oxygens (including phenoxy) is 1. The number of nitrogens with zero attached hydrogens (tertiary/aromatic N) is 6. The molecule has 2 atom stereocenters. The van der Waals surface area contributed by atoms with Gasteiger partial charge in [0.1, 0.15) is 45.4 Å². The number of nitrogen functional groups attached to an aromatic ring is 1. The third kappa shape index (κ3) is 15.4. The summed E-state index contributed by atoms with van der Waals surface area (Å²) >= 11 is 6.27. The number of piperidine rings is 1. The summed E-state index contributed by atoms with van der Waals surface area (Å²) < 4.78 is 50.2. The maximum absolute atomic E-state index is 14.6. The SMILES string of the molecule is C#Cc1ccccn1.CC1(C)CCC(=O)NC1.CC1CCc2nc3cc(Br)cc(F)c3c(=O)n2CC1.CC1CCc2nc3cc(C#Cc4ccccn4)cc(F)c3c(=O)n2CC1.Nc1cc(Br)cc(F)c1OC=O. The second-order valence-corrected chi connectivity index (χ2v) is 20.6. The van der Waals surface area contributed by atoms with Gasteiger partial charge in [-0.05, 0) is 116 Å². The topological polar surface area (TPSA) is 177 Å². The molecule has 3 aliphatic rings. The monoisotopic (exact) mass is 1130 g/mol. The number of amides is 1. The molecule has 3 aromatic carbocycles. The molecule has 0 aliphatic carbocycles. The van der Waals surface area contributed by atoms with Gasteiger partial charge in [-0.2, -0.15) is 0 Å². The van der Waals surface area contributed by atoms with Gasteiger partial charge in [0.25, 0.3) is 17.6 Å². The third-order valence-electron chi connectivity index (χ3n) is 12.4. The van der Waals surface area contributed by atoms with E-state index in [9.17, 15) is 32.3 Å². The van der Waals surface area contributed by atoms with Crippen LogP contribution >= 0.6 is 31.9 Å². The van der Waals surface area contributed by atoms with Gasteiger partial charge < -0.3 is 15.8 Å². The summed E-state index contributed by atoms with van der Waals surface area (Å²) in [5.74, 6) is 9.06. The number of fused-ring (bicyclic) bond motifs is 4. The average Bonchev–Trinajstić information content (AvgIpc) is 3.68. The van der Waals surface area contributed by atoms with Crippen LogP contribution in [-0.4, -0.2) is 48.0 Å². The second-order valence-electron chi connectivity index (χ2n) is 18.8. The minimum atomic E-state index is -0.672. The fourth-order valence-corrected chi connectivity index (χ4v) is 8.91. The van der Waals surface area contributed by atoms with E-state index >= 15 is 0 Å². The molecule has 4 aromatic heterocycles. The van der Waals surface area contributed by atoms with Crippen molar-refractivity contribution in [3.8, 4) is 29.9 Å². The molecular weight excluding hydrogens is 1080 g/mol. The minimum Gasteiger partial charge on any atom is -0.423 e. The quantitative estimate of drug-likeness (QED) is 0.0962. The molecule has 7 aromatic rings. The van der Waals surface area contributed by atoms with E-state index in [2.05, 4.69) is 107 Å². The lowest BCUT2D eigenvalue weighted by Gasteiger charge is -2.29. The first-order chi connectivity index (χ1) is 35.4. The Morgan fingerprint density at radius 3 is 1.77 bits per heavy atom. The Kier molecular flexibility index (Phi) is 19.9. The van der Waals surface area contributed by atoms with E-state index in [4.69, 9.17) is 12.2 Å². The molecule has 1 saturated heterocycles. The van der Waals surface area contributed by atoms with E-state index in [1.54, 1.807) is 45.8 Å². The number of hydrogen-bond acceptors (Lipinski definition) is 10. The molecule has 2 unspecified atom stereocenters.